The van der Waals surface area contributed by atoms with Gasteiger partial charge in [-0.1, -0.05) is 53.9 Å². The summed E-state index contributed by atoms with van der Waals surface area (Å²) in [5, 5.41) is 2.66. The van der Waals surface area contributed by atoms with E-state index in [9.17, 15) is 19.2 Å². The number of rotatable bonds is 7. The first-order chi connectivity index (χ1) is 16.4. The Bertz CT molecular complexity index is 1120. The maximum Gasteiger partial charge on any atom is 0.257 e. The second kappa shape index (κ2) is 10.9. The third-order valence-corrected chi connectivity index (χ3v) is 7.58. The molecular formula is C24H24N4O4S2. The van der Waals surface area contributed by atoms with E-state index in [4.69, 9.17) is 0 Å². The number of hydrogen-bond acceptors (Lipinski definition) is 7. The third kappa shape index (κ3) is 5.68. The molecule has 0 spiro atoms. The second-order valence-corrected chi connectivity index (χ2v) is 10.1. The fourth-order valence-corrected chi connectivity index (χ4v) is 5.68. The van der Waals surface area contributed by atoms with Gasteiger partial charge in [0.2, 0.25) is 17.7 Å². The minimum absolute atomic E-state index is 0.0782. The van der Waals surface area contributed by atoms with Crippen molar-refractivity contribution in [3.05, 3.63) is 60.2 Å². The predicted molar refractivity (Wildman–Crippen MR) is 136 cm³/mol. The smallest absolute Gasteiger partial charge is 0.257 e. The van der Waals surface area contributed by atoms with Crippen LogP contribution in [0.3, 0.4) is 0 Å². The van der Waals surface area contributed by atoms with Crippen molar-refractivity contribution in [1.82, 2.24) is 4.90 Å². The van der Waals surface area contributed by atoms with E-state index in [1.165, 1.54) is 23.6 Å². The normalized spacial score (nSPS) is 17.6. The van der Waals surface area contributed by atoms with Crippen molar-refractivity contribution in [2.24, 2.45) is 4.99 Å². The zero-order chi connectivity index (χ0) is 24.1. The van der Waals surface area contributed by atoms with E-state index < -0.39 is 11.9 Å². The van der Waals surface area contributed by atoms with Gasteiger partial charge in [-0.2, -0.15) is 0 Å². The molecule has 10 heteroatoms. The first-order valence-corrected chi connectivity index (χ1v) is 12.8. The van der Waals surface area contributed by atoms with Crippen LogP contribution in [0, 0.1) is 0 Å². The number of nitrogens with one attached hydrogen (secondary N) is 1. The number of aliphatic imine (C=N–C) groups is 1. The highest BCUT2D eigenvalue weighted by molar-refractivity contribution is 8.39. The number of thioether (sulfide) groups is 2. The third-order valence-electron chi connectivity index (χ3n) is 5.34. The van der Waals surface area contributed by atoms with Crippen molar-refractivity contribution in [2.75, 3.05) is 28.3 Å². The predicted octanol–water partition coefficient (Wildman–Crippen LogP) is 3.14. The summed E-state index contributed by atoms with van der Waals surface area (Å²) in [5.74, 6) is -0.151. The van der Waals surface area contributed by atoms with Crippen LogP contribution in [0.4, 0.5) is 11.4 Å². The molecule has 1 saturated heterocycles. The Morgan fingerprint density at radius 1 is 1.15 bits per heavy atom. The van der Waals surface area contributed by atoms with Crippen molar-refractivity contribution in [3.8, 4) is 0 Å². The van der Waals surface area contributed by atoms with E-state index in [1.807, 2.05) is 30.3 Å². The summed E-state index contributed by atoms with van der Waals surface area (Å²) in [4.78, 5) is 57.8. The molecule has 2 aromatic carbocycles. The van der Waals surface area contributed by atoms with Crippen LogP contribution < -0.4 is 10.2 Å². The SMILES string of the molecule is CC(=O)Nc1ccc(N2C(=O)CC(N(Cc3ccccc3)C(=O)CSC3=NCCS3)C2=O)cc1. The van der Waals surface area contributed by atoms with Gasteiger partial charge in [0, 0.05) is 24.9 Å². The Kier molecular flexibility index (Phi) is 7.69. The maximum absolute atomic E-state index is 13.4. The molecule has 2 aliphatic heterocycles. The first kappa shape index (κ1) is 24.0. The van der Waals surface area contributed by atoms with Crippen LogP contribution in [-0.2, 0) is 25.7 Å². The van der Waals surface area contributed by atoms with Crippen LogP contribution in [-0.4, -0.2) is 57.0 Å². The summed E-state index contributed by atoms with van der Waals surface area (Å²) < 4.78 is 0.878. The van der Waals surface area contributed by atoms with Gasteiger partial charge in [-0.15, -0.1) is 0 Å². The lowest BCUT2D eigenvalue weighted by Gasteiger charge is -2.28. The van der Waals surface area contributed by atoms with Gasteiger partial charge in [-0.3, -0.25) is 24.2 Å². The summed E-state index contributed by atoms with van der Waals surface area (Å²) in [6.07, 6.45) is -0.0782. The molecule has 1 atom stereocenters. The maximum atomic E-state index is 13.4. The Morgan fingerprint density at radius 2 is 1.88 bits per heavy atom. The van der Waals surface area contributed by atoms with E-state index in [0.29, 0.717) is 11.4 Å². The second-order valence-electron chi connectivity index (χ2n) is 7.81. The lowest BCUT2D eigenvalue weighted by Crippen LogP contribution is -2.45. The Labute approximate surface area is 206 Å². The zero-order valence-electron chi connectivity index (χ0n) is 18.6. The van der Waals surface area contributed by atoms with Crippen LogP contribution >= 0.6 is 23.5 Å². The average Bonchev–Trinajstić information content (AvgIpc) is 3.44. The van der Waals surface area contributed by atoms with Crippen molar-refractivity contribution < 1.29 is 19.2 Å². The number of benzene rings is 2. The van der Waals surface area contributed by atoms with Crippen molar-refractivity contribution in [2.45, 2.75) is 25.9 Å². The molecule has 0 saturated carbocycles. The molecule has 0 aromatic heterocycles. The molecule has 0 radical (unpaired) electrons. The van der Waals surface area contributed by atoms with Gasteiger partial charge >= 0.3 is 0 Å². The van der Waals surface area contributed by atoms with Crippen molar-refractivity contribution in [3.63, 3.8) is 0 Å². The van der Waals surface area contributed by atoms with Crippen LogP contribution in [0.1, 0.15) is 18.9 Å². The molecule has 176 valence electrons. The molecule has 0 aliphatic carbocycles. The van der Waals surface area contributed by atoms with Gasteiger partial charge < -0.3 is 10.2 Å². The topological polar surface area (TPSA) is 99.2 Å². The zero-order valence-corrected chi connectivity index (χ0v) is 20.2. The molecule has 2 aromatic rings. The standard InChI is InChI=1S/C24H24N4O4S2/c1-16(29)26-18-7-9-19(10-8-18)28-21(30)13-20(23(28)32)27(14-17-5-3-2-4-6-17)22(31)15-34-24-25-11-12-33-24/h2-10,20H,11-15H2,1H3,(H,26,29). The number of carbonyl (C=O) groups is 4. The minimum Gasteiger partial charge on any atom is -0.326 e. The fourth-order valence-electron chi connectivity index (χ4n) is 3.79. The lowest BCUT2D eigenvalue weighted by atomic mass is 10.1. The van der Waals surface area contributed by atoms with Gasteiger partial charge in [0.05, 0.1) is 24.4 Å². The lowest BCUT2D eigenvalue weighted by molar-refractivity contribution is -0.136. The molecule has 1 unspecified atom stereocenters. The quantitative estimate of drug-likeness (QED) is 0.592. The molecule has 2 heterocycles. The fraction of sp³-hybridized carbons (Fsp3) is 0.292. The molecule has 1 fully saturated rings. The van der Waals surface area contributed by atoms with E-state index in [-0.39, 0.29) is 36.4 Å². The number of anilines is 2. The molecule has 8 nitrogen and oxygen atoms in total. The van der Waals surface area contributed by atoms with Crippen LogP contribution in [0.2, 0.25) is 0 Å². The minimum atomic E-state index is -0.881. The van der Waals surface area contributed by atoms with Crippen LogP contribution in [0.15, 0.2) is 59.6 Å². The largest absolute Gasteiger partial charge is 0.326 e. The summed E-state index contributed by atoms with van der Waals surface area (Å²) in [7, 11) is 0. The number of carbonyl (C=O) groups excluding carboxylic acids is 4. The summed E-state index contributed by atoms with van der Waals surface area (Å²) in [5.41, 5.74) is 1.86. The number of imide groups is 1. The van der Waals surface area contributed by atoms with Crippen molar-refractivity contribution >= 4 is 62.9 Å². The van der Waals surface area contributed by atoms with Gasteiger partial charge in [0.15, 0.2) is 0 Å². The molecule has 4 amide bonds. The van der Waals surface area contributed by atoms with Gasteiger partial charge in [0.25, 0.3) is 5.91 Å². The molecule has 0 bridgehead atoms. The Balaban J connectivity index is 1.54. The highest BCUT2D eigenvalue weighted by Crippen LogP contribution is 2.29. The molecular weight excluding hydrogens is 472 g/mol. The van der Waals surface area contributed by atoms with Crippen molar-refractivity contribution in [1.29, 1.82) is 0 Å². The van der Waals surface area contributed by atoms with Crippen LogP contribution in [0.5, 0.6) is 0 Å². The highest BCUT2D eigenvalue weighted by Gasteiger charge is 2.44. The highest BCUT2D eigenvalue weighted by atomic mass is 32.2. The number of hydrogen-bond donors (Lipinski definition) is 1. The molecule has 34 heavy (non-hydrogen) atoms. The average molecular weight is 497 g/mol. The number of amides is 4. The summed E-state index contributed by atoms with van der Waals surface area (Å²) >= 11 is 3.00. The van der Waals surface area contributed by atoms with E-state index in [2.05, 4.69) is 10.3 Å². The monoisotopic (exact) mass is 496 g/mol. The Hall–Kier alpha value is -3.11. The van der Waals surface area contributed by atoms with Crippen LogP contribution in [0.25, 0.3) is 0 Å². The molecule has 2 aliphatic rings. The Morgan fingerprint density at radius 3 is 2.53 bits per heavy atom. The van der Waals surface area contributed by atoms with Gasteiger partial charge in [-0.25, -0.2) is 4.90 Å². The van der Waals surface area contributed by atoms with E-state index in [0.717, 1.165) is 27.1 Å². The molecule has 1 N–H and O–H groups in total. The van der Waals surface area contributed by atoms with E-state index >= 15 is 0 Å². The van der Waals surface area contributed by atoms with Gasteiger partial charge in [-0.05, 0) is 29.8 Å². The van der Waals surface area contributed by atoms with E-state index in [1.54, 1.807) is 36.0 Å². The summed E-state index contributed by atoms with van der Waals surface area (Å²) in [6, 6.07) is 15.0. The molecule has 4 rings (SSSR count). The summed E-state index contributed by atoms with van der Waals surface area (Å²) in [6.45, 7) is 2.39. The first-order valence-electron chi connectivity index (χ1n) is 10.8. The van der Waals surface area contributed by atoms with Gasteiger partial charge in [0.1, 0.15) is 10.4 Å². The number of nitrogens with zero attached hydrogens (tertiary/aromatic N) is 3.